The van der Waals surface area contributed by atoms with Crippen LogP contribution in [-0.4, -0.2) is 11.8 Å². The van der Waals surface area contributed by atoms with Gasteiger partial charge in [-0.15, -0.1) is 0 Å². The van der Waals surface area contributed by atoms with E-state index in [1.807, 2.05) is 0 Å². The van der Waals surface area contributed by atoms with Gasteiger partial charge >= 0.3 is 29.6 Å². The number of hydrogen-bond donors (Lipinski definition) is 0. The minimum Gasteiger partial charge on any atom is -0.542 e. The van der Waals surface area contributed by atoms with E-state index in [9.17, 15) is 14.7 Å². The molecule has 0 spiro atoms. The molecule has 0 aromatic rings. The maximum atomic E-state index is 10.3. The molecule has 0 heterocycles. The summed E-state index contributed by atoms with van der Waals surface area (Å²) in [4.78, 5) is 20.1. The predicted octanol–water partition coefficient (Wildman–Crippen LogP) is -4.03. The largest absolute Gasteiger partial charge is 1.00 e. The predicted molar refractivity (Wildman–Crippen MR) is 24.9 cm³/mol. The molecule has 0 saturated carbocycles. The van der Waals surface area contributed by atoms with Crippen LogP contribution in [0.2, 0.25) is 0 Å². The van der Waals surface area contributed by atoms with E-state index >= 15 is 0 Å². The van der Waals surface area contributed by atoms with E-state index in [2.05, 4.69) is 0 Å². The molecule has 0 aromatic carbocycles. The molecule has 0 aliphatic carbocycles. The number of aliphatic carboxylic acids is 1. The summed E-state index contributed by atoms with van der Waals surface area (Å²) in [5.74, 6) is -4.56. The second kappa shape index (κ2) is 4.97. The molecular weight excluding hydrogens is 131 g/mol. The second-order valence-corrected chi connectivity index (χ2v) is 1.62. The van der Waals surface area contributed by atoms with Crippen molar-refractivity contribution in [2.24, 2.45) is 5.89 Å². The number of rotatable bonds is 2. The quantitative estimate of drug-likeness (QED) is 0.289. The van der Waals surface area contributed by atoms with Crippen LogP contribution >= 0.6 is 0 Å². The van der Waals surface area contributed by atoms with E-state index in [1.165, 1.54) is 13.8 Å². The van der Waals surface area contributed by atoms with Crippen LogP contribution in [0, 0.1) is 5.89 Å². The van der Waals surface area contributed by atoms with Gasteiger partial charge in [0.05, 0.1) is 0 Å². The normalized spacial score (nSPS) is 11.1. The third-order valence-corrected chi connectivity index (χ3v) is 0.640. The van der Waals surface area contributed by atoms with Gasteiger partial charge in [0.25, 0.3) is 0 Å². The van der Waals surface area contributed by atoms with Crippen molar-refractivity contribution in [3.63, 3.8) is 0 Å². The Labute approximate surface area is 77.1 Å². The molecule has 4 heteroatoms. The van der Waals surface area contributed by atoms with Crippen LogP contribution in [0.15, 0.2) is 0 Å². The van der Waals surface area contributed by atoms with Crippen molar-refractivity contribution in [3.8, 4) is 0 Å². The summed E-state index contributed by atoms with van der Waals surface area (Å²) in [6, 6.07) is 0. The van der Waals surface area contributed by atoms with Gasteiger partial charge in [-0.1, -0.05) is 13.8 Å². The number of hydrogen-bond acceptors (Lipinski definition) is 3. The number of carboxylic acid groups (broad SMARTS) is 1. The molecule has 0 amide bonds. The average Bonchev–Trinajstić information content (AvgIpc) is 1.62. The van der Waals surface area contributed by atoms with Crippen LogP contribution < -0.4 is 34.7 Å². The molecule has 0 unspecified atom stereocenters. The van der Waals surface area contributed by atoms with Crippen molar-refractivity contribution in [1.82, 2.24) is 0 Å². The zero-order chi connectivity index (χ0) is 7.65. The summed E-state index contributed by atoms with van der Waals surface area (Å²) < 4.78 is 6.90. The Morgan fingerprint density at radius 3 is 1.89 bits per heavy atom. The van der Waals surface area contributed by atoms with E-state index in [0.717, 1.165) is 0 Å². The zero-order valence-electron chi connectivity index (χ0n) is 6.72. The van der Waals surface area contributed by atoms with Gasteiger partial charge in [-0.05, 0) is 0 Å². The molecule has 0 N–H and O–H groups in total. The second-order valence-electron chi connectivity index (χ2n) is 1.62. The Bertz CT molecular complexity index is 149. The summed E-state index contributed by atoms with van der Waals surface area (Å²) >= 11 is 0. The molecule has 0 aliphatic heterocycles. The van der Waals surface area contributed by atoms with E-state index in [1.54, 1.807) is 0 Å². The molecular formula is C5H7NaO3. The van der Waals surface area contributed by atoms with Gasteiger partial charge in [-0.2, -0.15) is 0 Å². The maximum absolute atomic E-state index is 10.3. The molecule has 0 bridgehead atoms. The zero-order valence-corrected chi connectivity index (χ0v) is 7.72. The summed E-state index contributed by atoms with van der Waals surface area (Å²) in [7, 11) is 0. The average molecular weight is 139 g/mol. The van der Waals surface area contributed by atoms with E-state index in [4.69, 9.17) is 1.37 Å². The molecule has 0 atom stereocenters. The van der Waals surface area contributed by atoms with Gasteiger partial charge in [0.15, 0.2) is 5.78 Å². The Hall–Kier alpha value is 0.140. The van der Waals surface area contributed by atoms with Gasteiger partial charge in [-0.3, -0.25) is 4.79 Å². The number of carboxylic acids is 1. The van der Waals surface area contributed by atoms with Crippen molar-refractivity contribution in [2.45, 2.75) is 13.8 Å². The topological polar surface area (TPSA) is 57.2 Å². The van der Waals surface area contributed by atoms with E-state index in [-0.39, 0.29) is 29.6 Å². The van der Waals surface area contributed by atoms with Gasteiger partial charge < -0.3 is 9.90 Å². The first-order valence-corrected chi connectivity index (χ1v) is 2.11. The smallest absolute Gasteiger partial charge is 0.542 e. The number of carbonyl (C=O) groups excluding carboxylic acids is 2. The van der Waals surface area contributed by atoms with Crippen LogP contribution in [0.1, 0.15) is 15.2 Å². The fourth-order valence-electron chi connectivity index (χ4n) is 0.204. The molecule has 0 aliphatic rings. The summed E-state index contributed by atoms with van der Waals surface area (Å²) in [5.41, 5.74) is 0. The van der Waals surface area contributed by atoms with Gasteiger partial charge in [0.1, 0.15) is 5.97 Å². The van der Waals surface area contributed by atoms with Crippen LogP contribution in [0.25, 0.3) is 0 Å². The van der Waals surface area contributed by atoms with Crippen molar-refractivity contribution in [1.29, 1.82) is 0 Å². The molecule has 46 valence electrons. The molecule has 0 aromatic heterocycles. The SMILES string of the molecule is [2H]C(C)(C)C(=O)C(=O)[O-].[Na+]. The number of Topliss-reactive ketones (excluding diaryl/α,β-unsaturated/α-hetero) is 1. The minimum atomic E-state index is -1.80. The van der Waals surface area contributed by atoms with E-state index in [0.29, 0.717) is 0 Å². The Kier molecular flexibility index (Phi) is 5.04. The monoisotopic (exact) mass is 139 g/mol. The Morgan fingerprint density at radius 2 is 1.89 bits per heavy atom. The minimum absolute atomic E-state index is 0. The number of ketones is 1. The van der Waals surface area contributed by atoms with Crippen LogP contribution in [-0.2, 0) is 9.59 Å². The fourth-order valence-corrected chi connectivity index (χ4v) is 0.204. The molecule has 0 radical (unpaired) electrons. The third kappa shape index (κ3) is 4.63. The molecule has 0 fully saturated rings. The third-order valence-electron chi connectivity index (χ3n) is 0.640. The first kappa shape index (κ1) is 9.14. The van der Waals surface area contributed by atoms with Crippen molar-refractivity contribution >= 4 is 11.8 Å². The van der Waals surface area contributed by atoms with Crippen LogP contribution in [0.4, 0.5) is 0 Å². The Balaban J connectivity index is 0. The first-order chi connectivity index (χ1) is 3.85. The summed E-state index contributed by atoms with van der Waals surface area (Å²) in [5, 5.41) is 9.77. The molecule has 0 rings (SSSR count). The van der Waals surface area contributed by atoms with Crippen LogP contribution in [0.3, 0.4) is 0 Å². The van der Waals surface area contributed by atoms with Crippen molar-refractivity contribution in [2.75, 3.05) is 0 Å². The standard InChI is InChI=1S/C5H8O3.Na/c1-3(2)4(6)5(7)8;/h3H,1-2H3,(H,7,8);/q;+1/p-1/i3D;. The fraction of sp³-hybridized carbons (Fsp3) is 0.600. The molecule has 9 heavy (non-hydrogen) atoms. The first-order valence-electron chi connectivity index (χ1n) is 2.61. The Morgan fingerprint density at radius 1 is 1.56 bits per heavy atom. The van der Waals surface area contributed by atoms with E-state index < -0.39 is 17.6 Å². The molecule has 0 saturated heterocycles. The number of carbonyl (C=O) groups is 2. The summed E-state index contributed by atoms with van der Waals surface area (Å²) in [6.45, 7) is 2.40. The van der Waals surface area contributed by atoms with Crippen molar-refractivity contribution < 1.29 is 45.6 Å². The van der Waals surface area contributed by atoms with Gasteiger partial charge in [0.2, 0.25) is 0 Å². The van der Waals surface area contributed by atoms with Gasteiger partial charge in [0, 0.05) is 7.26 Å². The molecule has 3 nitrogen and oxygen atoms in total. The summed E-state index contributed by atoms with van der Waals surface area (Å²) in [6.07, 6.45) is 0. The maximum Gasteiger partial charge on any atom is 1.00 e. The van der Waals surface area contributed by atoms with Crippen molar-refractivity contribution in [3.05, 3.63) is 0 Å². The van der Waals surface area contributed by atoms with Crippen LogP contribution in [0.5, 0.6) is 0 Å². The van der Waals surface area contributed by atoms with Gasteiger partial charge in [-0.25, -0.2) is 0 Å².